The van der Waals surface area contributed by atoms with Crippen molar-refractivity contribution in [3.05, 3.63) is 79.9 Å². The summed E-state index contributed by atoms with van der Waals surface area (Å²) in [5.41, 5.74) is 1.82. The minimum absolute atomic E-state index is 0.0649. The lowest BCUT2D eigenvalue weighted by Crippen LogP contribution is -2.34. The van der Waals surface area contributed by atoms with Crippen LogP contribution in [0.1, 0.15) is 41.1 Å². The van der Waals surface area contributed by atoms with Crippen LogP contribution >= 0.6 is 34.7 Å². The molecule has 3 heterocycles. The normalized spacial score (nSPS) is 17.2. The molecule has 0 amide bonds. The Kier molecular flexibility index (Phi) is 6.96. The fraction of sp³-hybridized carbons (Fsp3) is 0.296. The molecule has 0 unspecified atom stereocenters. The van der Waals surface area contributed by atoms with Gasteiger partial charge >= 0.3 is 0 Å². The van der Waals surface area contributed by atoms with Crippen molar-refractivity contribution in [2.75, 3.05) is 12.9 Å². The Morgan fingerprint density at radius 1 is 1.22 bits per heavy atom. The Hall–Kier alpha value is -2.65. The highest BCUT2D eigenvalue weighted by atomic mass is 35.5. The second-order valence-corrected chi connectivity index (χ2v) is 11.4. The number of benzene rings is 2. The fourth-order valence-corrected chi connectivity index (χ4v) is 6.41. The predicted octanol–water partition coefficient (Wildman–Crippen LogP) is 6.33. The van der Waals surface area contributed by atoms with Crippen molar-refractivity contribution >= 4 is 50.7 Å². The number of ketones is 1. The van der Waals surface area contributed by atoms with Gasteiger partial charge in [-0.05, 0) is 67.4 Å². The monoisotopic (exact) mass is 540 g/mol. The van der Waals surface area contributed by atoms with E-state index < -0.39 is 0 Å². The van der Waals surface area contributed by atoms with Crippen LogP contribution in [0, 0.1) is 0 Å². The van der Waals surface area contributed by atoms with Crippen LogP contribution in [0.5, 0.6) is 5.75 Å². The molecule has 1 aliphatic heterocycles. The Morgan fingerprint density at radius 3 is 2.61 bits per heavy atom. The van der Waals surface area contributed by atoms with E-state index >= 15 is 0 Å². The Morgan fingerprint density at radius 2 is 1.94 bits per heavy atom. The number of thioether (sulfide) groups is 1. The van der Waals surface area contributed by atoms with Gasteiger partial charge < -0.3 is 9.47 Å². The van der Waals surface area contributed by atoms with E-state index in [9.17, 15) is 9.59 Å². The maximum atomic E-state index is 14.0. The number of hydrogen-bond acceptors (Lipinski definition) is 7. The molecule has 2 aromatic carbocycles. The number of aromatic nitrogens is 2. The van der Waals surface area contributed by atoms with Crippen molar-refractivity contribution in [1.82, 2.24) is 9.55 Å². The van der Waals surface area contributed by atoms with E-state index in [1.807, 2.05) is 24.3 Å². The zero-order valence-electron chi connectivity index (χ0n) is 20.2. The van der Waals surface area contributed by atoms with Gasteiger partial charge in [-0.15, -0.1) is 11.3 Å². The molecule has 6 nitrogen and oxygen atoms in total. The first-order chi connectivity index (χ1) is 17.3. The molecule has 9 heteroatoms. The zero-order valence-corrected chi connectivity index (χ0v) is 22.6. The SMILES string of the molecule is CC[C@@]1(C)Cc2c(sc3nc(SCC(=O)c4ccc(Cl)cc4)n(-c4ccc(OC)cc4)c(=O)c23)CO1. The Balaban J connectivity index is 1.60. The van der Waals surface area contributed by atoms with Crippen LogP contribution in [0.4, 0.5) is 0 Å². The molecule has 0 N–H and O–H groups in total. The minimum atomic E-state index is -0.309. The van der Waals surface area contributed by atoms with Gasteiger partial charge in [0.2, 0.25) is 0 Å². The third-order valence-corrected chi connectivity index (χ3v) is 8.85. The standard InChI is InChI=1S/C27H25ClN2O4S2/c1-4-27(2)13-20-22(14-34-27)36-24-23(20)25(32)30(18-9-11-19(33-3)12-10-18)26(29-24)35-15-21(31)16-5-7-17(28)8-6-16/h5-12H,4,13-15H2,1-3H3/t27-/m0/s1. The Labute approximate surface area is 222 Å². The summed E-state index contributed by atoms with van der Waals surface area (Å²) < 4.78 is 13.0. The van der Waals surface area contributed by atoms with Gasteiger partial charge in [0.15, 0.2) is 10.9 Å². The van der Waals surface area contributed by atoms with Crippen LogP contribution < -0.4 is 10.3 Å². The van der Waals surface area contributed by atoms with Crippen LogP contribution in [-0.2, 0) is 17.8 Å². The first-order valence-electron chi connectivity index (χ1n) is 11.6. The second kappa shape index (κ2) is 10.0. The summed E-state index contributed by atoms with van der Waals surface area (Å²) in [6.07, 6.45) is 1.52. The van der Waals surface area contributed by atoms with Crippen molar-refractivity contribution < 1.29 is 14.3 Å². The summed E-state index contributed by atoms with van der Waals surface area (Å²) in [5.74, 6) is 0.763. The van der Waals surface area contributed by atoms with E-state index in [1.165, 1.54) is 23.1 Å². The number of halogens is 1. The summed E-state index contributed by atoms with van der Waals surface area (Å²) >= 11 is 8.71. The average Bonchev–Trinajstić information content (AvgIpc) is 3.25. The quantitative estimate of drug-likeness (QED) is 0.155. The zero-order chi connectivity index (χ0) is 25.4. The molecule has 5 rings (SSSR count). The highest BCUT2D eigenvalue weighted by Gasteiger charge is 2.33. The van der Waals surface area contributed by atoms with E-state index in [-0.39, 0.29) is 22.7 Å². The molecule has 0 spiro atoms. The number of Topliss-reactive ketones (excluding diaryl/α,β-unsaturated/α-hetero) is 1. The molecule has 0 fully saturated rings. The maximum Gasteiger partial charge on any atom is 0.267 e. The van der Waals surface area contributed by atoms with Crippen LogP contribution in [0.2, 0.25) is 5.02 Å². The third kappa shape index (κ3) is 4.70. The van der Waals surface area contributed by atoms with Gasteiger partial charge in [-0.25, -0.2) is 4.98 Å². The molecule has 0 aliphatic carbocycles. The van der Waals surface area contributed by atoms with E-state index in [2.05, 4.69) is 13.8 Å². The number of nitrogens with zero attached hydrogens (tertiary/aromatic N) is 2. The number of hydrogen-bond donors (Lipinski definition) is 0. The first kappa shape index (κ1) is 25.0. The molecule has 4 aromatic rings. The second-order valence-electron chi connectivity index (χ2n) is 8.90. The van der Waals surface area contributed by atoms with Gasteiger partial charge in [-0.1, -0.05) is 30.3 Å². The van der Waals surface area contributed by atoms with Crippen molar-refractivity contribution in [1.29, 1.82) is 0 Å². The number of carbonyl (C=O) groups excluding carboxylic acids is 1. The van der Waals surface area contributed by atoms with Crippen molar-refractivity contribution in [3.63, 3.8) is 0 Å². The molecular formula is C27H25ClN2O4S2. The first-order valence-corrected chi connectivity index (χ1v) is 13.8. The Bertz CT molecular complexity index is 1500. The molecule has 0 radical (unpaired) electrons. The molecule has 1 atom stereocenters. The van der Waals surface area contributed by atoms with Gasteiger partial charge in [-0.3, -0.25) is 14.2 Å². The minimum Gasteiger partial charge on any atom is -0.497 e. The van der Waals surface area contributed by atoms with E-state index in [4.69, 9.17) is 26.1 Å². The number of carbonyl (C=O) groups is 1. The molecule has 36 heavy (non-hydrogen) atoms. The van der Waals surface area contributed by atoms with Gasteiger partial charge in [0.1, 0.15) is 10.6 Å². The van der Waals surface area contributed by atoms with Crippen molar-refractivity contribution in [3.8, 4) is 11.4 Å². The van der Waals surface area contributed by atoms with Crippen LogP contribution in [0.25, 0.3) is 15.9 Å². The summed E-state index contributed by atoms with van der Waals surface area (Å²) in [7, 11) is 1.60. The highest BCUT2D eigenvalue weighted by molar-refractivity contribution is 7.99. The maximum absolute atomic E-state index is 14.0. The van der Waals surface area contributed by atoms with Gasteiger partial charge in [0, 0.05) is 21.9 Å². The molecule has 1 aliphatic rings. The van der Waals surface area contributed by atoms with Gasteiger partial charge in [0.05, 0.1) is 36.1 Å². The fourth-order valence-electron chi connectivity index (χ4n) is 4.23. The number of methoxy groups -OCH3 is 1. The van der Waals surface area contributed by atoms with Crippen LogP contribution in [-0.4, -0.2) is 33.8 Å². The van der Waals surface area contributed by atoms with Gasteiger partial charge in [0.25, 0.3) is 5.56 Å². The summed E-state index contributed by atoms with van der Waals surface area (Å²) in [4.78, 5) is 33.5. The number of fused-ring (bicyclic) bond motifs is 3. The van der Waals surface area contributed by atoms with Gasteiger partial charge in [-0.2, -0.15) is 0 Å². The van der Waals surface area contributed by atoms with Crippen molar-refractivity contribution in [2.45, 2.75) is 44.1 Å². The third-order valence-electron chi connectivity index (χ3n) is 6.56. The van der Waals surface area contributed by atoms with Crippen LogP contribution in [0.15, 0.2) is 58.5 Å². The summed E-state index contributed by atoms with van der Waals surface area (Å²) in [5, 5.41) is 1.68. The molecule has 186 valence electrons. The molecule has 0 bridgehead atoms. The lowest BCUT2D eigenvalue weighted by molar-refractivity contribution is -0.0543. The van der Waals surface area contributed by atoms with E-state index in [0.717, 1.165) is 16.9 Å². The molecule has 0 saturated carbocycles. The summed E-state index contributed by atoms with van der Waals surface area (Å²) in [6, 6.07) is 14.1. The molecular weight excluding hydrogens is 516 g/mol. The highest BCUT2D eigenvalue weighted by Crippen LogP contribution is 2.39. The van der Waals surface area contributed by atoms with E-state index in [0.29, 0.717) is 50.4 Å². The average molecular weight is 541 g/mol. The predicted molar refractivity (Wildman–Crippen MR) is 145 cm³/mol. The molecule has 0 saturated heterocycles. The number of thiophene rings is 1. The number of rotatable bonds is 7. The van der Waals surface area contributed by atoms with Crippen LogP contribution in [0.3, 0.4) is 0 Å². The topological polar surface area (TPSA) is 70.4 Å². The summed E-state index contributed by atoms with van der Waals surface area (Å²) in [6.45, 7) is 4.65. The smallest absolute Gasteiger partial charge is 0.267 e. The molecule has 2 aromatic heterocycles. The lowest BCUT2D eigenvalue weighted by Gasteiger charge is -2.32. The lowest BCUT2D eigenvalue weighted by atomic mass is 9.90. The van der Waals surface area contributed by atoms with Crippen molar-refractivity contribution in [2.24, 2.45) is 0 Å². The number of ether oxygens (including phenoxy) is 2. The van der Waals surface area contributed by atoms with E-state index in [1.54, 1.807) is 35.9 Å². The largest absolute Gasteiger partial charge is 0.497 e.